The van der Waals surface area contributed by atoms with Gasteiger partial charge in [-0.2, -0.15) is 0 Å². The normalized spacial score (nSPS) is 11.0. The minimum Gasteiger partial charge on any atom is -0.768 e. The standard InChI is InChI=1S/C6H6O4S2.2Na/c1-3-5(12(9)10)2-4(11-3)6(7)8;;/h2H,1H3,(H,7,8)(H,9,10);;/q;2*+1/p-2. The average molecular weight is 250 g/mol. The number of hydrogen-bond donors (Lipinski definition) is 0. The van der Waals surface area contributed by atoms with Gasteiger partial charge in [-0.3, -0.25) is 4.21 Å². The molecule has 4 nitrogen and oxygen atoms in total. The molecule has 8 heteroatoms. The number of carboxylic acids is 1. The predicted octanol–water partition coefficient (Wildman–Crippen LogP) is -6.33. The molecule has 0 aromatic carbocycles. The van der Waals surface area contributed by atoms with Gasteiger partial charge in [0, 0.05) is 9.77 Å². The Morgan fingerprint density at radius 3 is 2.21 bits per heavy atom. The van der Waals surface area contributed by atoms with Gasteiger partial charge in [0.2, 0.25) is 0 Å². The third-order valence-electron chi connectivity index (χ3n) is 1.25. The molecule has 0 N–H and O–H groups in total. The number of carboxylic acid groups (broad SMARTS) is 1. The molecular weight excluding hydrogens is 246 g/mol. The summed E-state index contributed by atoms with van der Waals surface area (Å²) in [6.45, 7) is 1.54. The van der Waals surface area contributed by atoms with E-state index in [2.05, 4.69) is 0 Å². The molecule has 0 fully saturated rings. The molecule has 0 radical (unpaired) electrons. The fourth-order valence-corrected chi connectivity index (χ4v) is 2.33. The van der Waals surface area contributed by atoms with E-state index in [4.69, 9.17) is 0 Å². The van der Waals surface area contributed by atoms with Crippen LogP contribution in [0.3, 0.4) is 0 Å². The van der Waals surface area contributed by atoms with Gasteiger partial charge in [-0.05, 0) is 24.1 Å². The average Bonchev–Trinajstić information content (AvgIpc) is 2.30. The zero-order chi connectivity index (χ0) is 9.30. The third kappa shape index (κ3) is 4.42. The van der Waals surface area contributed by atoms with Gasteiger partial charge in [0.05, 0.1) is 10.8 Å². The van der Waals surface area contributed by atoms with Crippen molar-refractivity contribution in [1.29, 1.82) is 0 Å². The Balaban J connectivity index is 0. The molecule has 0 bridgehead atoms. The zero-order valence-electron chi connectivity index (χ0n) is 8.03. The predicted molar refractivity (Wildman–Crippen MR) is 40.6 cm³/mol. The molecule has 1 aromatic heterocycles. The summed E-state index contributed by atoms with van der Waals surface area (Å²) < 4.78 is 20.9. The molecule has 0 spiro atoms. The maximum absolute atomic E-state index is 10.5. The van der Waals surface area contributed by atoms with E-state index in [1.165, 1.54) is 0 Å². The summed E-state index contributed by atoms with van der Waals surface area (Å²) >= 11 is -1.47. The van der Waals surface area contributed by atoms with Crippen LogP contribution in [0.1, 0.15) is 14.5 Å². The van der Waals surface area contributed by atoms with Crippen LogP contribution in [0.2, 0.25) is 0 Å². The first-order valence-electron chi connectivity index (χ1n) is 2.93. The van der Waals surface area contributed by atoms with E-state index in [0.717, 1.165) is 17.4 Å². The second kappa shape index (κ2) is 7.54. The first-order chi connectivity index (χ1) is 5.52. The molecule has 0 aliphatic heterocycles. The van der Waals surface area contributed by atoms with Crippen molar-refractivity contribution in [3.05, 3.63) is 15.8 Å². The van der Waals surface area contributed by atoms with E-state index < -0.39 is 17.0 Å². The van der Waals surface area contributed by atoms with Gasteiger partial charge in [0.25, 0.3) is 0 Å². The molecule has 0 amide bonds. The van der Waals surface area contributed by atoms with Crippen LogP contribution >= 0.6 is 11.3 Å². The number of aromatic carboxylic acids is 1. The maximum Gasteiger partial charge on any atom is 1.00 e. The van der Waals surface area contributed by atoms with Crippen molar-refractivity contribution in [2.75, 3.05) is 0 Å². The Hall–Kier alpha value is 1.28. The Kier molecular flexibility index (Phi) is 9.51. The number of thiophene rings is 1. The van der Waals surface area contributed by atoms with E-state index in [1.54, 1.807) is 6.92 Å². The van der Waals surface area contributed by atoms with Crippen LogP contribution in [0, 0.1) is 6.92 Å². The van der Waals surface area contributed by atoms with Crippen LogP contribution in [0.15, 0.2) is 11.0 Å². The van der Waals surface area contributed by atoms with Gasteiger partial charge in [-0.15, -0.1) is 11.3 Å². The third-order valence-corrected chi connectivity index (χ3v) is 3.20. The molecule has 66 valence electrons. The summed E-state index contributed by atoms with van der Waals surface area (Å²) in [5, 5.41) is 10.3. The van der Waals surface area contributed by atoms with Crippen LogP contribution < -0.4 is 64.2 Å². The number of aryl methyl sites for hydroxylation is 1. The molecule has 1 atom stereocenters. The monoisotopic (exact) mass is 250 g/mol. The van der Waals surface area contributed by atoms with Gasteiger partial charge in [0.15, 0.2) is 0 Å². The van der Waals surface area contributed by atoms with Crippen molar-refractivity contribution in [2.45, 2.75) is 11.8 Å². The fourth-order valence-electron chi connectivity index (χ4n) is 0.731. The van der Waals surface area contributed by atoms with Gasteiger partial charge in [0.1, 0.15) is 0 Å². The van der Waals surface area contributed by atoms with Gasteiger partial charge >= 0.3 is 59.1 Å². The summed E-state index contributed by atoms with van der Waals surface area (Å²) in [6, 6.07) is 1.10. The molecule has 1 heterocycles. The number of carbonyl (C=O) groups excluding carboxylic acids is 1. The van der Waals surface area contributed by atoms with Crippen molar-refractivity contribution < 1.29 is 77.8 Å². The van der Waals surface area contributed by atoms with Crippen molar-refractivity contribution >= 4 is 28.4 Å². The molecule has 1 aromatic rings. The Bertz CT molecular complexity index is 350. The van der Waals surface area contributed by atoms with E-state index in [0.29, 0.717) is 4.88 Å². The Labute approximate surface area is 132 Å². The molecule has 0 aliphatic rings. The summed E-state index contributed by atoms with van der Waals surface area (Å²) in [5.41, 5.74) is 0. The van der Waals surface area contributed by atoms with Crippen LogP contribution in [0.25, 0.3) is 0 Å². The van der Waals surface area contributed by atoms with Crippen LogP contribution in [-0.4, -0.2) is 14.7 Å². The molecule has 1 rings (SSSR count). The molecule has 0 saturated carbocycles. The number of hydrogen-bond acceptors (Lipinski definition) is 5. The Morgan fingerprint density at radius 1 is 1.50 bits per heavy atom. The smallest absolute Gasteiger partial charge is 0.768 e. The maximum atomic E-state index is 10.5. The van der Waals surface area contributed by atoms with Crippen LogP contribution in [-0.2, 0) is 11.1 Å². The van der Waals surface area contributed by atoms with Crippen molar-refractivity contribution in [3.8, 4) is 0 Å². The molecule has 0 saturated heterocycles. The Morgan fingerprint density at radius 2 is 2.00 bits per heavy atom. The summed E-state index contributed by atoms with van der Waals surface area (Å²) in [7, 11) is 0. The molecule has 0 aliphatic carbocycles. The van der Waals surface area contributed by atoms with Gasteiger partial charge in [-0.25, -0.2) is 0 Å². The van der Waals surface area contributed by atoms with Crippen molar-refractivity contribution in [1.82, 2.24) is 0 Å². The topological polar surface area (TPSA) is 80.3 Å². The van der Waals surface area contributed by atoms with Gasteiger partial charge < -0.3 is 14.5 Å². The SMILES string of the molecule is Cc1sc(C(=O)[O-])cc1S(=O)[O-].[Na+].[Na+]. The molecule has 1 unspecified atom stereocenters. The van der Waals surface area contributed by atoms with Crippen LogP contribution in [0.4, 0.5) is 0 Å². The van der Waals surface area contributed by atoms with E-state index >= 15 is 0 Å². The first kappa shape index (κ1) is 17.7. The first-order valence-corrected chi connectivity index (χ1v) is 4.82. The van der Waals surface area contributed by atoms with E-state index in [-0.39, 0.29) is 68.9 Å². The summed E-state index contributed by atoms with van der Waals surface area (Å²) in [5.74, 6) is -1.35. The summed E-state index contributed by atoms with van der Waals surface area (Å²) in [4.78, 5) is 10.7. The molecule has 14 heavy (non-hydrogen) atoms. The van der Waals surface area contributed by atoms with E-state index in [9.17, 15) is 18.7 Å². The summed E-state index contributed by atoms with van der Waals surface area (Å²) in [6.07, 6.45) is 0. The van der Waals surface area contributed by atoms with Crippen molar-refractivity contribution in [3.63, 3.8) is 0 Å². The fraction of sp³-hybridized carbons (Fsp3) is 0.167. The zero-order valence-corrected chi connectivity index (χ0v) is 13.7. The van der Waals surface area contributed by atoms with Crippen molar-refractivity contribution in [2.24, 2.45) is 0 Å². The van der Waals surface area contributed by atoms with E-state index in [1.807, 2.05) is 0 Å². The molecular formula is C6H4Na2O4S2. The quantitative estimate of drug-likeness (QED) is 0.386. The van der Waals surface area contributed by atoms with Crippen LogP contribution in [0.5, 0.6) is 0 Å². The number of rotatable bonds is 2. The second-order valence-electron chi connectivity index (χ2n) is 2.05. The minimum atomic E-state index is -2.37. The minimum absolute atomic E-state index is 0. The van der Waals surface area contributed by atoms with Gasteiger partial charge in [-0.1, -0.05) is 0 Å². The largest absolute Gasteiger partial charge is 1.00 e. The number of carbonyl (C=O) groups is 1. The second-order valence-corrected chi connectivity index (χ2v) is 4.22.